The number of esters is 1. The Morgan fingerprint density at radius 3 is 2.38 bits per heavy atom. The van der Waals surface area contributed by atoms with E-state index in [2.05, 4.69) is 15.5 Å². The molecule has 1 aromatic heterocycles. The smallest absolute Gasteiger partial charge is 0.343 e. The number of nitrogens with zero attached hydrogens (tertiary/aromatic N) is 1. The van der Waals surface area contributed by atoms with E-state index in [1.165, 1.54) is 18.3 Å². The molecule has 5 rings (SSSR count). The van der Waals surface area contributed by atoms with Gasteiger partial charge < -0.3 is 19.2 Å². The molecule has 1 heterocycles. The molecule has 0 aliphatic carbocycles. The molecule has 0 saturated carbocycles. The molecule has 0 radical (unpaired) electrons. The minimum absolute atomic E-state index is 0.235. The largest absolute Gasteiger partial charge is 0.490 e. The molecule has 0 bridgehead atoms. The zero-order valence-electron chi connectivity index (χ0n) is 23.0. The normalized spacial score (nSPS) is 11.0. The van der Waals surface area contributed by atoms with Crippen LogP contribution in [0.3, 0.4) is 0 Å². The van der Waals surface area contributed by atoms with Gasteiger partial charge in [-0.15, -0.1) is 0 Å². The van der Waals surface area contributed by atoms with E-state index in [4.69, 9.17) is 14.2 Å². The van der Waals surface area contributed by atoms with Crippen molar-refractivity contribution in [2.24, 2.45) is 5.10 Å². The van der Waals surface area contributed by atoms with Crippen LogP contribution in [0, 0.1) is 5.82 Å². The number of H-pyrrole nitrogens is 1. The van der Waals surface area contributed by atoms with Crippen LogP contribution >= 0.6 is 0 Å². The van der Waals surface area contributed by atoms with Crippen molar-refractivity contribution in [2.45, 2.75) is 13.8 Å². The first-order chi connectivity index (χ1) is 20.5. The fraction of sp³-hybridized carbons (Fsp3) is 0.121. The molecule has 1 amide bonds. The maximum atomic E-state index is 14.1. The topological polar surface area (TPSA) is 102 Å². The Hall–Kier alpha value is -5.44. The number of hydrogen-bond donors (Lipinski definition) is 2. The van der Waals surface area contributed by atoms with Crippen LogP contribution < -0.4 is 19.6 Å². The second-order valence-electron chi connectivity index (χ2n) is 9.08. The maximum absolute atomic E-state index is 14.1. The van der Waals surface area contributed by atoms with Crippen LogP contribution in [0.25, 0.3) is 22.0 Å². The molecule has 0 atom stereocenters. The fourth-order valence-corrected chi connectivity index (χ4v) is 4.47. The highest BCUT2D eigenvalue weighted by Crippen LogP contribution is 2.33. The Morgan fingerprint density at radius 2 is 1.60 bits per heavy atom. The summed E-state index contributed by atoms with van der Waals surface area (Å²) in [6.45, 7) is 4.57. The van der Waals surface area contributed by atoms with Gasteiger partial charge in [-0.3, -0.25) is 4.79 Å². The molecule has 0 spiro atoms. The van der Waals surface area contributed by atoms with E-state index in [1.807, 2.05) is 44.2 Å². The summed E-state index contributed by atoms with van der Waals surface area (Å²) >= 11 is 0. The number of fused-ring (bicyclic) bond motifs is 1. The Labute approximate surface area is 241 Å². The number of benzene rings is 4. The molecule has 0 aliphatic rings. The van der Waals surface area contributed by atoms with Gasteiger partial charge in [0.2, 0.25) is 0 Å². The van der Waals surface area contributed by atoms with Gasteiger partial charge in [-0.25, -0.2) is 14.6 Å². The first kappa shape index (κ1) is 28.1. The summed E-state index contributed by atoms with van der Waals surface area (Å²) in [5.74, 6) is -0.293. The number of hydrogen-bond acceptors (Lipinski definition) is 6. The monoisotopic (exact) mass is 565 g/mol. The van der Waals surface area contributed by atoms with E-state index in [0.717, 1.165) is 5.56 Å². The summed E-state index contributed by atoms with van der Waals surface area (Å²) in [5.41, 5.74) is 5.43. The molecule has 212 valence electrons. The zero-order valence-corrected chi connectivity index (χ0v) is 23.0. The van der Waals surface area contributed by atoms with Crippen LogP contribution in [0.2, 0.25) is 0 Å². The SMILES string of the molecule is CCOc1ccc(C(=O)Oc2ccccc2C=NNC(=O)c2[nH]c3ccc(F)cc3c2-c2ccccc2)cc1OCC. The third-order valence-corrected chi connectivity index (χ3v) is 6.32. The Morgan fingerprint density at radius 1 is 0.857 bits per heavy atom. The predicted molar refractivity (Wildman–Crippen MR) is 159 cm³/mol. The molecule has 0 unspecified atom stereocenters. The molecule has 9 heteroatoms. The average molecular weight is 566 g/mol. The lowest BCUT2D eigenvalue weighted by atomic mass is 10.0. The number of carbonyl (C=O) groups is 2. The number of aromatic amines is 1. The molecule has 42 heavy (non-hydrogen) atoms. The van der Waals surface area contributed by atoms with Gasteiger partial charge in [-0.1, -0.05) is 42.5 Å². The van der Waals surface area contributed by atoms with E-state index in [0.29, 0.717) is 46.7 Å². The van der Waals surface area contributed by atoms with Crippen molar-refractivity contribution >= 4 is 29.0 Å². The van der Waals surface area contributed by atoms with Gasteiger partial charge >= 0.3 is 5.97 Å². The highest BCUT2D eigenvalue weighted by Gasteiger charge is 2.20. The first-order valence-electron chi connectivity index (χ1n) is 13.4. The Balaban J connectivity index is 1.36. The maximum Gasteiger partial charge on any atom is 0.343 e. The summed E-state index contributed by atoms with van der Waals surface area (Å²) in [7, 11) is 0. The van der Waals surface area contributed by atoms with Crippen molar-refractivity contribution in [3.05, 3.63) is 114 Å². The van der Waals surface area contributed by atoms with Crippen LogP contribution in [0.5, 0.6) is 17.2 Å². The van der Waals surface area contributed by atoms with Crippen LogP contribution in [0.15, 0.2) is 96.1 Å². The summed E-state index contributed by atoms with van der Waals surface area (Å²) < 4.78 is 30.9. The number of nitrogens with one attached hydrogen (secondary N) is 2. The van der Waals surface area contributed by atoms with Crippen molar-refractivity contribution in [1.82, 2.24) is 10.4 Å². The van der Waals surface area contributed by atoms with Gasteiger partial charge in [0.1, 0.15) is 17.3 Å². The van der Waals surface area contributed by atoms with Gasteiger partial charge in [-0.2, -0.15) is 5.10 Å². The summed E-state index contributed by atoms with van der Waals surface area (Å²) in [6, 6.07) is 25.2. The third-order valence-electron chi connectivity index (χ3n) is 6.32. The highest BCUT2D eigenvalue weighted by atomic mass is 19.1. The Bertz CT molecular complexity index is 1760. The van der Waals surface area contributed by atoms with Gasteiger partial charge in [0.15, 0.2) is 11.5 Å². The van der Waals surface area contributed by atoms with Crippen LogP contribution in [-0.4, -0.2) is 36.3 Å². The van der Waals surface area contributed by atoms with Crippen molar-refractivity contribution < 1.29 is 28.2 Å². The minimum atomic E-state index is -0.596. The average Bonchev–Trinajstić information content (AvgIpc) is 3.38. The molecule has 0 fully saturated rings. The molecular weight excluding hydrogens is 537 g/mol. The molecule has 2 N–H and O–H groups in total. The lowest BCUT2D eigenvalue weighted by molar-refractivity contribution is 0.0733. The van der Waals surface area contributed by atoms with Crippen LogP contribution in [-0.2, 0) is 0 Å². The molecule has 4 aromatic carbocycles. The van der Waals surface area contributed by atoms with E-state index in [9.17, 15) is 14.0 Å². The minimum Gasteiger partial charge on any atom is -0.490 e. The molecule has 0 aliphatic heterocycles. The predicted octanol–water partition coefficient (Wildman–Crippen LogP) is 6.75. The number of amides is 1. The summed E-state index contributed by atoms with van der Waals surface area (Å²) in [5, 5.41) is 4.68. The first-order valence-corrected chi connectivity index (χ1v) is 13.4. The van der Waals surface area contributed by atoms with Crippen molar-refractivity contribution in [3.63, 3.8) is 0 Å². The number of aromatic nitrogens is 1. The third kappa shape index (κ3) is 6.15. The van der Waals surface area contributed by atoms with Gasteiger partial charge in [0.05, 0.1) is 25.0 Å². The number of carbonyl (C=O) groups excluding carboxylic acids is 2. The second-order valence-corrected chi connectivity index (χ2v) is 9.08. The zero-order chi connectivity index (χ0) is 29.5. The number of halogens is 1. The number of para-hydroxylation sites is 1. The standard InChI is InChI=1S/C33H28FN3O5/c1-3-40-28-17-14-22(18-29(28)41-4-2)33(39)42-27-13-9-8-12-23(27)20-35-37-32(38)31-30(21-10-6-5-7-11-21)25-19-24(34)15-16-26(25)36-31/h5-20,36H,3-4H2,1-2H3,(H,37,38). The molecule has 8 nitrogen and oxygen atoms in total. The Kier molecular flexibility index (Phi) is 8.58. The van der Waals surface area contributed by atoms with Crippen molar-refractivity contribution in [2.75, 3.05) is 13.2 Å². The van der Waals surface area contributed by atoms with E-state index < -0.39 is 17.7 Å². The van der Waals surface area contributed by atoms with Crippen molar-refractivity contribution in [1.29, 1.82) is 0 Å². The molecular formula is C33H28FN3O5. The van der Waals surface area contributed by atoms with Crippen molar-refractivity contribution in [3.8, 4) is 28.4 Å². The van der Waals surface area contributed by atoms with Gasteiger partial charge in [0.25, 0.3) is 5.91 Å². The van der Waals surface area contributed by atoms with Crippen LogP contribution in [0.4, 0.5) is 4.39 Å². The lowest BCUT2D eigenvalue weighted by Crippen LogP contribution is -2.19. The van der Waals surface area contributed by atoms with Gasteiger partial charge in [-0.05, 0) is 67.9 Å². The quantitative estimate of drug-likeness (QED) is 0.0844. The summed E-state index contributed by atoms with van der Waals surface area (Å²) in [4.78, 5) is 29.3. The summed E-state index contributed by atoms with van der Waals surface area (Å²) in [6.07, 6.45) is 1.38. The number of rotatable bonds is 10. The van der Waals surface area contributed by atoms with Gasteiger partial charge in [0, 0.05) is 22.0 Å². The number of hydrazone groups is 1. The second kappa shape index (κ2) is 12.8. The van der Waals surface area contributed by atoms with E-state index >= 15 is 0 Å². The number of ether oxygens (including phenoxy) is 3. The van der Waals surface area contributed by atoms with Crippen LogP contribution in [0.1, 0.15) is 40.3 Å². The lowest BCUT2D eigenvalue weighted by Gasteiger charge is -2.12. The highest BCUT2D eigenvalue weighted by molar-refractivity contribution is 6.09. The fourth-order valence-electron chi connectivity index (χ4n) is 4.47. The molecule has 0 saturated heterocycles. The van der Waals surface area contributed by atoms with E-state index in [-0.39, 0.29) is 17.0 Å². The van der Waals surface area contributed by atoms with E-state index in [1.54, 1.807) is 48.5 Å². The molecule has 5 aromatic rings.